The van der Waals surface area contributed by atoms with E-state index in [4.69, 9.17) is 0 Å². The molecule has 0 heterocycles. The number of rotatable bonds is 4. The Balaban J connectivity index is 1.66. The van der Waals surface area contributed by atoms with E-state index in [9.17, 15) is 4.79 Å². The van der Waals surface area contributed by atoms with Crippen molar-refractivity contribution in [1.29, 1.82) is 0 Å². The summed E-state index contributed by atoms with van der Waals surface area (Å²) < 4.78 is 0. The fourth-order valence-electron chi connectivity index (χ4n) is 9.28. The van der Waals surface area contributed by atoms with Gasteiger partial charge in [-0.1, -0.05) is 64.3 Å². The van der Waals surface area contributed by atoms with Crippen LogP contribution >= 0.6 is 0 Å². The van der Waals surface area contributed by atoms with Crippen molar-refractivity contribution in [2.24, 2.45) is 39.4 Å². The van der Waals surface area contributed by atoms with Crippen LogP contribution in [0.25, 0.3) is 0 Å². The summed E-state index contributed by atoms with van der Waals surface area (Å²) in [7, 11) is 0. The quantitative estimate of drug-likeness (QED) is 0.412. The molecule has 2 saturated carbocycles. The minimum atomic E-state index is -0.148. The Morgan fingerprint density at radius 1 is 0.968 bits per heavy atom. The Labute approximate surface area is 192 Å². The van der Waals surface area contributed by atoms with Gasteiger partial charge in [-0.3, -0.25) is 4.79 Å². The highest BCUT2D eigenvalue weighted by Gasteiger charge is 2.63. The number of allylic oxidation sites excluding steroid dienone is 4. The third-order valence-corrected chi connectivity index (χ3v) is 11.4. The summed E-state index contributed by atoms with van der Waals surface area (Å²) in [5.41, 5.74) is 6.04. The number of fused-ring (bicyclic) bond motifs is 4. The summed E-state index contributed by atoms with van der Waals surface area (Å²) in [5, 5.41) is 0. The van der Waals surface area contributed by atoms with E-state index in [0.29, 0.717) is 22.5 Å². The minimum Gasteiger partial charge on any atom is -0.299 e. The lowest BCUT2D eigenvalue weighted by Crippen LogP contribution is -2.53. The molecule has 0 aromatic carbocycles. The van der Waals surface area contributed by atoms with Crippen molar-refractivity contribution in [3.05, 3.63) is 22.8 Å². The van der Waals surface area contributed by atoms with E-state index in [1.54, 1.807) is 0 Å². The third kappa shape index (κ3) is 3.26. The van der Waals surface area contributed by atoms with E-state index in [0.717, 1.165) is 24.7 Å². The largest absolute Gasteiger partial charge is 0.299 e. The van der Waals surface area contributed by atoms with Gasteiger partial charge >= 0.3 is 0 Å². The molecule has 0 N–H and O–H groups in total. The summed E-state index contributed by atoms with van der Waals surface area (Å²) in [4.78, 5) is 12.8. The molecule has 0 spiro atoms. The van der Waals surface area contributed by atoms with Gasteiger partial charge in [0.15, 0.2) is 0 Å². The summed E-state index contributed by atoms with van der Waals surface area (Å²) in [5.74, 6) is 2.71. The van der Waals surface area contributed by atoms with Crippen LogP contribution in [0, 0.1) is 39.4 Å². The average Bonchev–Trinajstić information content (AvgIpc) is 2.96. The Morgan fingerprint density at radius 3 is 2.35 bits per heavy atom. The highest BCUT2D eigenvalue weighted by atomic mass is 16.1. The molecule has 1 heteroatoms. The lowest BCUT2D eigenvalue weighted by Gasteiger charge is -2.61. The second-order valence-corrected chi connectivity index (χ2v) is 13.3. The first-order chi connectivity index (χ1) is 14.4. The lowest BCUT2D eigenvalue weighted by atomic mass is 9.43. The molecule has 0 saturated heterocycles. The van der Waals surface area contributed by atoms with Gasteiger partial charge in [0.25, 0.3) is 0 Å². The fourth-order valence-corrected chi connectivity index (χ4v) is 9.28. The molecule has 0 amide bonds. The predicted octanol–water partition coefficient (Wildman–Crippen LogP) is 8.69. The van der Waals surface area contributed by atoms with E-state index in [1.165, 1.54) is 56.9 Å². The maximum absolute atomic E-state index is 12.8. The smallest absolute Gasteiger partial charge is 0.138 e. The average molecular weight is 425 g/mol. The number of Topliss-reactive ketones (excluding diaryl/α,β-unsaturated/α-hetero) is 1. The molecule has 31 heavy (non-hydrogen) atoms. The van der Waals surface area contributed by atoms with Gasteiger partial charge in [0.2, 0.25) is 0 Å². The van der Waals surface area contributed by atoms with E-state index < -0.39 is 0 Å². The van der Waals surface area contributed by atoms with Crippen molar-refractivity contribution in [2.45, 2.75) is 120 Å². The van der Waals surface area contributed by atoms with Crippen LogP contribution in [0.3, 0.4) is 0 Å². The number of carbonyl (C=O) groups is 1. The molecule has 0 aromatic rings. The van der Waals surface area contributed by atoms with Crippen molar-refractivity contribution in [3.63, 3.8) is 0 Å². The van der Waals surface area contributed by atoms with Gasteiger partial charge in [0, 0.05) is 11.8 Å². The van der Waals surface area contributed by atoms with Crippen molar-refractivity contribution >= 4 is 5.78 Å². The summed E-state index contributed by atoms with van der Waals surface area (Å²) in [6.45, 7) is 19.3. The van der Waals surface area contributed by atoms with Crippen LogP contribution in [-0.4, -0.2) is 5.78 Å². The number of ketones is 1. The number of hydrogen-bond acceptors (Lipinski definition) is 1. The monoisotopic (exact) mass is 424 g/mol. The van der Waals surface area contributed by atoms with Crippen LogP contribution in [0.2, 0.25) is 0 Å². The first-order valence-corrected chi connectivity index (χ1v) is 13.3. The van der Waals surface area contributed by atoms with Crippen LogP contribution < -0.4 is 0 Å². The topological polar surface area (TPSA) is 17.1 Å². The molecule has 4 aliphatic rings. The molecule has 0 bridgehead atoms. The Morgan fingerprint density at radius 2 is 1.68 bits per heavy atom. The molecule has 0 unspecified atom stereocenters. The molecule has 4 rings (SSSR count). The molecule has 174 valence electrons. The van der Waals surface area contributed by atoms with Gasteiger partial charge in [-0.25, -0.2) is 0 Å². The zero-order chi connectivity index (χ0) is 22.8. The second kappa shape index (κ2) is 7.59. The minimum absolute atomic E-state index is 0.148. The standard InChI is InChI=1S/C30H48O/c1-20(2)10-9-11-21(3)22-14-18-30(8)24-12-13-25-27(4,5)26(31)16-17-28(25,6)23(24)15-19-29(22,30)7/h10,21-22,25H,9,11-19H2,1-8H3/t21-,22+,25+,28-,29+,30-/m1/s1. The molecule has 0 aliphatic heterocycles. The fraction of sp³-hybridized carbons (Fsp3) is 0.833. The van der Waals surface area contributed by atoms with Crippen molar-refractivity contribution in [1.82, 2.24) is 0 Å². The molecule has 1 nitrogen and oxygen atoms in total. The van der Waals surface area contributed by atoms with Gasteiger partial charge in [-0.05, 0) is 106 Å². The Hall–Kier alpha value is -0.850. The molecule has 4 aliphatic carbocycles. The normalized spacial score (nSPS) is 42.5. The molecular weight excluding hydrogens is 376 g/mol. The molecular formula is C30H48O. The van der Waals surface area contributed by atoms with Gasteiger partial charge in [0.05, 0.1) is 0 Å². The third-order valence-electron chi connectivity index (χ3n) is 11.4. The van der Waals surface area contributed by atoms with Gasteiger partial charge in [0.1, 0.15) is 5.78 Å². The summed E-state index contributed by atoms with van der Waals surface area (Å²) >= 11 is 0. The highest BCUT2D eigenvalue weighted by Crippen LogP contribution is 2.72. The van der Waals surface area contributed by atoms with Crippen LogP contribution in [0.5, 0.6) is 0 Å². The zero-order valence-electron chi connectivity index (χ0n) is 21.8. The predicted molar refractivity (Wildman–Crippen MR) is 132 cm³/mol. The van der Waals surface area contributed by atoms with Crippen LogP contribution in [0.4, 0.5) is 0 Å². The molecule has 6 atom stereocenters. The lowest BCUT2D eigenvalue weighted by molar-refractivity contribution is -0.139. The van der Waals surface area contributed by atoms with Gasteiger partial charge < -0.3 is 0 Å². The Bertz CT molecular complexity index is 808. The van der Waals surface area contributed by atoms with E-state index in [2.05, 4.69) is 61.5 Å². The summed E-state index contributed by atoms with van der Waals surface area (Å²) in [6.07, 6.45) is 14.8. The SMILES string of the molecule is CC(C)=CCC[C@@H](C)[C@@H]1CC[C@]2(C)C3=C(CC[C@@]12C)[C@@]1(C)CCC(=O)C(C)(C)[C@@H]1CC3. The number of hydrogen-bond donors (Lipinski definition) is 0. The Kier molecular flexibility index (Phi) is 5.71. The van der Waals surface area contributed by atoms with Crippen LogP contribution in [0.15, 0.2) is 22.8 Å². The van der Waals surface area contributed by atoms with Crippen molar-refractivity contribution < 1.29 is 4.79 Å². The number of carbonyl (C=O) groups excluding carboxylic acids is 1. The first kappa shape index (κ1) is 23.3. The van der Waals surface area contributed by atoms with E-state index in [-0.39, 0.29) is 10.8 Å². The van der Waals surface area contributed by atoms with Gasteiger partial charge in [-0.15, -0.1) is 0 Å². The van der Waals surface area contributed by atoms with E-state index in [1.807, 2.05) is 11.1 Å². The molecule has 0 radical (unpaired) electrons. The maximum atomic E-state index is 12.8. The van der Waals surface area contributed by atoms with E-state index >= 15 is 0 Å². The van der Waals surface area contributed by atoms with Gasteiger partial charge in [-0.2, -0.15) is 0 Å². The van der Waals surface area contributed by atoms with Crippen LogP contribution in [-0.2, 0) is 4.79 Å². The summed E-state index contributed by atoms with van der Waals surface area (Å²) in [6, 6.07) is 0. The molecule has 2 fully saturated rings. The van der Waals surface area contributed by atoms with Crippen molar-refractivity contribution in [3.8, 4) is 0 Å². The maximum Gasteiger partial charge on any atom is 0.138 e. The second-order valence-electron chi connectivity index (χ2n) is 13.3. The van der Waals surface area contributed by atoms with Crippen molar-refractivity contribution in [2.75, 3.05) is 0 Å². The highest BCUT2D eigenvalue weighted by molar-refractivity contribution is 5.85. The first-order valence-electron chi connectivity index (χ1n) is 13.3. The molecule has 0 aromatic heterocycles. The zero-order valence-corrected chi connectivity index (χ0v) is 21.8. The van der Waals surface area contributed by atoms with Crippen LogP contribution in [0.1, 0.15) is 120 Å².